The Bertz CT molecular complexity index is 927. The van der Waals surface area contributed by atoms with E-state index in [1.165, 1.54) is 36.7 Å². The first-order valence-corrected chi connectivity index (χ1v) is 10.0. The van der Waals surface area contributed by atoms with Crippen molar-refractivity contribution in [3.05, 3.63) is 52.0 Å². The summed E-state index contributed by atoms with van der Waals surface area (Å²) in [6, 6.07) is 9.40. The Morgan fingerprint density at radius 3 is 2.38 bits per heavy atom. The molecule has 0 radical (unpaired) electrons. The van der Waals surface area contributed by atoms with Gasteiger partial charge in [-0.1, -0.05) is 6.07 Å². The number of halogens is 1. The largest absolute Gasteiger partial charge is 0.496 e. The Morgan fingerprint density at radius 1 is 1.15 bits per heavy atom. The van der Waals surface area contributed by atoms with E-state index in [-0.39, 0.29) is 17.0 Å². The molecule has 26 heavy (non-hydrogen) atoms. The van der Waals surface area contributed by atoms with Crippen molar-refractivity contribution in [3.63, 3.8) is 0 Å². The molecule has 2 aromatic carbocycles. The molecular formula is C18H20BrNO5S. The normalized spacial score (nSPS) is 11.1. The molecule has 0 atom stereocenters. The third kappa shape index (κ3) is 3.86. The molecular weight excluding hydrogens is 422 g/mol. The van der Waals surface area contributed by atoms with Crippen LogP contribution in [-0.2, 0) is 14.8 Å². The van der Waals surface area contributed by atoms with Crippen molar-refractivity contribution in [2.75, 3.05) is 25.1 Å². The lowest BCUT2D eigenvalue weighted by molar-refractivity contribution is 0.0600. The van der Waals surface area contributed by atoms with Crippen molar-refractivity contribution in [1.82, 2.24) is 0 Å². The fourth-order valence-corrected chi connectivity index (χ4v) is 4.78. The molecule has 6 nitrogen and oxygen atoms in total. The monoisotopic (exact) mass is 441 g/mol. The molecule has 140 valence electrons. The number of benzene rings is 2. The predicted molar refractivity (Wildman–Crippen MR) is 103 cm³/mol. The van der Waals surface area contributed by atoms with Crippen LogP contribution in [-0.4, -0.2) is 35.2 Å². The van der Waals surface area contributed by atoms with Crippen molar-refractivity contribution >= 4 is 37.6 Å². The minimum atomic E-state index is -3.83. The van der Waals surface area contributed by atoms with E-state index in [2.05, 4.69) is 15.9 Å². The number of aryl methyl sites for hydroxylation is 1. The number of sulfonamides is 1. The first-order valence-electron chi connectivity index (χ1n) is 7.81. The van der Waals surface area contributed by atoms with E-state index >= 15 is 0 Å². The molecule has 0 saturated heterocycles. The lowest BCUT2D eigenvalue weighted by atomic mass is 10.1. The van der Waals surface area contributed by atoms with Crippen LogP contribution in [0.2, 0.25) is 0 Å². The second-order valence-corrected chi connectivity index (χ2v) is 8.18. The van der Waals surface area contributed by atoms with Gasteiger partial charge in [0.05, 0.1) is 34.8 Å². The maximum Gasteiger partial charge on any atom is 0.337 e. The molecule has 0 unspecified atom stereocenters. The average Bonchev–Trinajstić information content (AvgIpc) is 2.62. The molecule has 0 bridgehead atoms. The summed E-state index contributed by atoms with van der Waals surface area (Å²) in [7, 11) is -1.04. The van der Waals surface area contributed by atoms with Gasteiger partial charge in [0.25, 0.3) is 10.0 Å². The first-order chi connectivity index (χ1) is 12.3. The number of hydrogen-bond acceptors (Lipinski definition) is 5. The second kappa shape index (κ2) is 8.09. The van der Waals surface area contributed by atoms with Crippen molar-refractivity contribution in [2.24, 2.45) is 0 Å². The number of methoxy groups -OCH3 is 2. The Morgan fingerprint density at radius 2 is 1.85 bits per heavy atom. The van der Waals surface area contributed by atoms with Crippen molar-refractivity contribution < 1.29 is 22.7 Å². The van der Waals surface area contributed by atoms with Gasteiger partial charge in [0, 0.05) is 6.54 Å². The van der Waals surface area contributed by atoms with Gasteiger partial charge in [0.15, 0.2) is 0 Å². The van der Waals surface area contributed by atoms with E-state index in [1.807, 2.05) is 0 Å². The second-order valence-electron chi connectivity index (χ2n) is 5.46. The van der Waals surface area contributed by atoms with Crippen LogP contribution in [0.3, 0.4) is 0 Å². The maximum absolute atomic E-state index is 13.2. The van der Waals surface area contributed by atoms with Crippen molar-refractivity contribution in [2.45, 2.75) is 18.7 Å². The Hall–Kier alpha value is -2.06. The zero-order valence-electron chi connectivity index (χ0n) is 14.9. The smallest absolute Gasteiger partial charge is 0.337 e. The number of hydrogen-bond donors (Lipinski definition) is 0. The summed E-state index contributed by atoms with van der Waals surface area (Å²) < 4.78 is 38.0. The molecule has 0 N–H and O–H groups in total. The van der Waals surface area contributed by atoms with Crippen LogP contribution in [0.15, 0.2) is 45.8 Å². The first kappa shape index (κ1) is 20.3. The van der Waals surface area contributed by atoms with E-state index in [4.69, 9.17) is 9.47 Å². The highest BCUT2D eigenvalue weighted by atomic mass is 79.9. The van der Waals surface area contributed by atoms with Crippen LogP contribution in [0.25, 0.3) is 0 Å². The SMILES string of the molecule is CCN(c1cc(C(=O)OC)ccc1C)S(=O)(=O)c1ccc(OC)c(Br)c1. The van der Waals surface area contributed by atoms with Gasteiger partial charge in [0.2, 0.25) is 0 Å². The summed E-state index contributed by atoms with van der Waals surface area (Å²) in [6.07, 6.45) is 0. The topological polar surface area (TPSA) is 72.9 Å². The zero-order chi connectivity index (χ0) is 19.5. The molecule has 0 aliphatic heterocycles. The standard InChI is InChI=1S/C18H20BrNO5S/c1-5-20(16-10-13(18(21)25-4)7-6-12(16)2)26(22,23)14-8-9-17(24-3)15(19)11-14/h6-11H,5H2,1-4H3. The van der Waals surface area contributed by atoms with Gasteiger partial charge in [0.1, 0.15) is 5.75 Å². The minimum absolute atomic E-state index is 0.120. The fraction of sp³-hybridized carbons (Fsp3) is 0.278. The van der Waals surface area contributed by atoms with Crippen LogP contribution in [0.1, 0.15) is 22.8 Å². The van der Waals surface area contributed by atoms with Crippen LogP contribution in [0.5, 0.6) is 5.75 Å². The molecule has 0 fully saturated rings. The zero-order valence-corrected chi connectivity index (χ0v) is 17.3. The van der Waals surface area contributed by atoms with Crippen LogP contribution in [0.4, 0.5) is 5.69 Å². The van der Waals surface area contributed by atoms with E-state index in [1.54, 1.807) is 32.0 Å². The Labute approximate surface area is 161 Å². The lowest BCUT2D eigenvalue weighted by Gasteiger charge is -2.25. The van der Waals surface area contributed by atoms with Gasteiger partial charge < -0.3 is 9.47 Å². The van der Waals surface area contributed by atoms with Crippen LogP contribution < -0.4 is 9.04 Å². The van der Waals surface area contributed by atoms with Gasteiger partial charge in [-0.05, 0) is 65.7 Å². The van der Waals surface area contributed by atoms with Crippen LogP contribution in [0, 0.1) is 6.92 Å². The van der Waals surface area contributed by atoms with E-state index in [9.17, 15) is 13.2 Å². The molecule has 8 heteroatoms. The summed E-state index contributed by atoms with van der Waals surface area (Å²) in [6.45, 7) is 3.73. The van der Waals surface area contributed by atoms with Gasteiger partial charge in [-0.3, -0.25) is 4.31 Å². The lowest BCUT2D eigenvalue weighted by Crippen LogP contribution is -2.31. The molecule has 0 aliphatic rings. The number of ether oxygens (including phenoxy) is 2. The summed E-state index contributed by atoms with van der Waals surface area (Å²) >= 11 is 3.31. The summed E-state index contributed by atoms with van der Waals surface area (Å²) in [5, 5.41) is 0. The van der Waals surface area contributed by atoms with Crippen LogP contribution >= 0.6 is 15.9 Å². The Kier molecular flexibility index (Phi) is 6.30. The molecule has 2 aromatic rings. The molecule has 0 heterocycles. The highest BCUT2D eigenvalue weighted by Gasteiger charge is 2.26. The van der Waals surface area contributed by atoms with Gasteiger partial charge in [-0.2, -0.15) is 0 Å². The van der Waals surface area contributed by atoms with Crippen molar-refractivity contribution in [3.8, 4) is 5.75 Å². The van der Waals surface area contributed by atoms with E-state index in [0.717, 1.165) is 5.56 Å². The number of esters is 1. The van der Waals surface area contributed by atoms with E-state index in [0.29, 0.717) is 15.9 Å². The highest BCUT2D eigenvalue weighted by molar-refractivity contribution is 9.10. The molecule has 0 saturated carbocycles. The number of carbonyl (C=O) groups excluding carboxylic acids is 1. The van der Waals surface area contributed by atoms with Crippen molar-refractivity contribution in [1.29, 1.82) is 0 Å². The number of anilines is 1. The third-order valence-electron chi connectivity index (χ3n) is 3.90. The average molecular weight is 442 g/mol. The van der Waals surface area contributed by atoms with Gasteiger partial charge >= 0.3 is 5.97 Å². The number of nitrogens with zero attached hydrogens (tertiary/aromatic N) is 1. The summed E-state index contributed by atoms with van der Waals surface area (Å²) in [5.41, 5.74) is 1.45. The minimum Gasteiger partial charge on any atom is -0.496 e. The molecule has 0 aliphatic carbocycles. The van der Waals surface area contributed by atoms with Gasteiger partial charge in [-0.25, -0.2) is 13.2 Å². The summed E-state index contributed by atoms with van der Waals surface area (Å²) in [4.78, 5) is 11.9. The van der Waals surface area contributed by atoms with E-state index < -0.39 is 16.0 Å². The number of rotatable bonds is 6. The maximum atomic E-state index is 13.2. The fourth-order valence-electron chi connectivity index (χ4n) is 2.53. The molecule has 0 amide bonds. The predicted octanol–water partition coefficient (Wildman–Crippen LogP) is 3.77. The van der Waals surface area contributed by atoms with Gasteiger partial charge in [-0.15, -0.1) is 0 Å². The molecule has 0 aromatic heterocycles. The molecule has 2 rings (SSSR count). The highest BCUT2D eigenvalue weighted by Crippen LogP contribution is 2.32. The number of carbonyl (C=O) groups is 1. The summed E-state index contributed by atoms with van der Waals surface area (Å²) in [5.74, 6) is 0.0164. The third-order valence-corrected chi connectivity index (χ3v) is 6.40. The quantitative estimate of drug-likeness (QED) is 0.637. The molecule has 0 spiro atoms. The Balaban J connectivity index is 2.57.